The molecule has 0 aliphatic heterocycles. The molecule has 0 saturated carbocycles. The average Bonchev–Trinajstić information content (AvgIpc) is 2.94. The highest BCUT2D eigenvalue weighted by molar-refractivity contribution is 5.60. The van der Waals surface area contributed by atoms with Crippen LogP contribution in [0.25, 0.3) is 11.3 Å². The number of nitrogens with one attached hydrogen (secondary N) is 1. The van der Waals surface area contributed by atoms with Crippen LogP contribution in [-0.4, -0.2) is 44.3 Å². The van der Waals surface area contributed by atoms with Crippen molar-refractivity contribution in [3.63, 3.8) is 0 Å². The molecule has 0 aromatic carbocycles. The molecule has 0 spiro atoms. The van der Waals surface area contributed by atoms with Gasteiger partial charge in [-0.2, -0.15) is 5.10 Å². The molecule has 0 radical (unpaired) electrons. The molecule has 114 valence electrons. The van der Waals surface area contributed by atoms with Crippen molar-refractivity contribution >= 4 is 5.82 Å². The van der Waals surface area contributed by atoms with Gasteiger partial charge < -0.3 is 10.3 Å². The summed E-state index contributed by atoms with van der Waals surface area (Å²) in [6.07, 6.45) is 4.51. The van der Waals surface area contributed by atoms with Crippen LogP contribution in [0.4, 0.5) is 5.82 Å². The van der Waals surface area contributed by atoms with Gasteiger partial charge in [0.25, 0.3) is 0 Å². The molecule has 7 heteroatoms. The van der Waals surface area contributed by atoms with Gasteiger partial charge in [-0.3, -0.25) is 4.68 Å². The molecule has 2 rings (SSSR count). The third-order valence-electron chi connectivity index (χ3n) is 3.47. The predicted molar refractivity (Wildman–Crippen MR) is 83.5 cm³/mol. The number of rotatable bonds is 7. The number of hydrazine groups is 1. The van der Waals surface area contributed by atoms with Gasteiger partial charge in [0, 0.05) is 37.8 Å². The summed E-state index contributed by atoms with van der Waals surface area (Å²) in [5.41, 5.74) is 4.40. The number of aromatic nitrogens is 4. The van der Waals surface area contributed by atoms with Crippen LogP contribution in [0.3, 0.4) is 0 Å². The smallest absolute Gasteiger partial charge is 0.144 e. The zero-order chi connectivity index (χ0) is 15.2. The van der Waals surface area contributed by atoms with Crippen molar-refractivity contribution < 1.29 is 0 Å². The Balaban J connectivity index is 2.21. The fourth-order valence-corrected chi connectivity index (χ4v) is 2.18. The van der Waals surface area contributed by atoms with Crippen LogP contribution in [-0.2, 0) is 13.5 Å². The minimum atomic E-state index is 0.624. The molecule has 2 heterocycles. The third-order valence-corrected chi connectivity index (χ3v) is 3.47. The summed E-state index contributed by atoms with van der Waals surface area (Å²) in [5.74, 6) is 6.92. The van der Waals surface area contributed by atoms with Crippen molar-refractivity contribution in [2.45, 2.75) is 20.3 Å². The summed E-state index contributed by atoms with van der Waals surface area (Å²) >= 11 is 0. The lowest BCUT2D eigenvalue weighted by Gasteiger charge is -2.17. The normalized spacial score (nSPS) is 11.1. The fourth-order valence-electron chi connectivity index (χ4n) is 2.18. The van der Waals surface area contributed by atoms with Gasteiger partial charge in [-0.25, -0.2) is 15.8 Å². The van der Waals surface area contributed by atoms with Crippen molar-refractivity contribution in [2.75, 3.05) is 25.1 Å². The van der Waals surface area contributed by atoms with Gasteiger partial charge >= 0.3 is 0 Å². The molecule has 0 saturated heterocycles. The van der Waals surface area contributed by atoms with Gasteiger partial charge in [-0.1, -0.05) is 13.8 Å². The van der Waals surface area contributed by atoms with E-state index in [0.29, 0.717) is 5.82 Å². The molecule has 0 aliphatic rings. The molecule has 0 aliphatic carbocycles. The number of nitrogens with two attached hydrogens (primary N) is 1. The summed E-state index contributed by atoms with van der Waals surface area (Å²) in [4.78, 5) is 11.4. The van der Waals surface area contributed by atoms with E-state index < -0.39 is 0 Å². The van der Waals surface area contributed by atoms with Gasteiger partial charge in [-0.15, -0.1) is 0 Å². The van der Waals surface area contributed by atoms with Gasteiger partial charge in [0.15, 0.2) is 0 Å². The van der Waals surface area contributed by atoms with Gasteiger partial charge in [0.05, 0.1) is 11.9 Å². The Morgan fingerprint density at radius 2 is 2.05 bits per heavy atom. The second-order valence-electron chi connectivity index (χ2n) is 4.88. The first-order chi connectivity index (χ1) is 10.2. The van der Waals surface area contributed by atoms with E-state index >= 15 is 0 Å². The van der Waals surface area contributed by atoms with Crippen molar-refractivity contribution in [3.8, 4) is 11.3 Å². The molecule has 7 nitrogen and oxygen atoms in total. The zero-order valence-electron chi connectivity index (χ0n) is 12.9. The molecule has 2 aromatic heterocycles. The lowest BCUT2D eigenvalue weighted by atomic mass is 10.2. The summed E-state index contributed by atoms with van der Waals surface area (Å²) in [6.45, 7) is 7.31. The Hall–Kier alpha value is -1.99. The first-order valence-corrected chi connectivity index (χ1v) is 7.22. The number of aryl methyl sites for hydroxylation is 1. The van der Waals surface area contributed by atoms with E-state index in [1.165, 1.54) is 0 Å². The maximum absolute atomic E-state index is 5.51. The van der Waals surface area contributed by atoms with Crippen LogP contribution in [0.5, 0.6) is 0 Å². The van der Waals surface area contributed by atoms with Crippen LogP contribution in [0, 0.1) is 0 Å². The Morgan fingerprint density at radius 1 is 1.29 bits per heavy atom. The average molecular weight is 289 g/mol. The van der Waals surface area contributed by atoms with E-state index in [1.807, 2.05) is 19.3 Å². The first-order valence-electron chi connectivity index (χ1n) is 7.22. The molecule has 0 atom stereocenters. The van der Waals surface area contributed by atoms with Gasteiger partial charge in [-0.05, 0) is 13.1 Å². The highest BCUT2D eigenvalue weighted by atomic mass is 15.3. The van der Waals surface area contributed by atoms with E-state index in [-0.39, 0.29) is 0 Å². The number of anilines is 1. The van der Waals surface area contributed by atoms with Crippen molar-refractivity contribution in [1.29, 1.82) is 0 Å². The van der Waals surface area contributed by atoms with Gasteiger partial charge in [0.1, 0.15) is 11.6 Å². The summed E-state index contributed by atoms with van der Waals surface area (Å²) in [7, 11) is 1.88. The molecule has 0 unspecified atom stereocenters. The summed E-state index contributed by atoms with van der Waals surface area (Å²) in [6, 6.07) is 1.83. The van der Waals surface area contributed by atoms with E-state index in [1.54, 1.807) is 10.9 Å². The highest BCUT2D eigenvalue weighted by Crippen LogP contribution is 2.19. The van der Waals surface area contributed by atoms with E-state index in [0.717, 1.165) is 43.1 Å². The number of nitrogens with zero attached hydrogens (tertiary/aromatic N) is 5. The van der Waals surface area contributed by atoms with Crippen LogP contribution >= 0.6 is 0 Å². The Labute approximate surface area is 125 Å². The molecule has 3 N–H and O–H groups in total. The quantitative estimate of drug-likeness (QED) is 0.585. The van der Waals surface area contributed by atoms with Gasteiger partial charge in [0.2, 0.25) is 0 Å². The second-order valence-corrected chi connectivity index (χ2v) is 4.88. The predicted octanol–water partition coefficient (Wildman–Crippen LogP) is 1.05. The Bertz CT molecular complexity index is 574. The molecule has 0 fully saturated rings. The minimum absolute atomic E-state index is 0.624. The third kappa shape index (κ3) is 3.99. The summed E-state index contributed by atoms with van der Waals surface area (Å²) in [5, 5.41) is 4.18. The highest BCUT2D eigenvalue weighted by Gasteiger charge is 2.09. The first kappa shape index (κ1) is 15.4. The summed E-state index contributed by atoms with van der Waals surface area (Å²) < 4.78 is 1.75. The number of hydrogen-bond donors (Lipinski definition) is 2. The SMILES string of the molecule is CCN(CC)CCc1nc(NN)cc(-c2cnn(C)c2)n1. The molecular weight excluding hydrogens is 266 g/mol. The Kier molecular flexibility index (Phi) is 5.24. The van der Waals surface area contributed by atoms with Crippen molar-refractivity contribution in [1.82, 2.24) is 24.6 Å². The maximum atomic E-state index is 5.51. The second kappa shape index (κ2) is 7.14. The molecule has 21 heavy (non-hydrogen) atoms. The van der Waals surface area contributed by atoms with E-state index in [9.17, 15) is 0 Å². The molecule has 0 bridgehead atoms. The molecule has 0 amide bonds. The maximum Gasteiger partial charge on any atom is 0.144 e. The van der Waals surface area contributed by atoms with Crippen LogP contribution in [0.2, 0.25) is 0 Å². The van der Waals surface area contributed by atoms with E-state index in [4.69, 9.17) is 5.84 Å². The van der Waals surface area contributed by atoms with Crippen molar-refractivity contribution in [3.05, 3.63) is 24.3 Å². The fraction of sp³-hybridized carbons (Fsp3) is 0.500. The topological polar surface area (TPSA) is 84.9 Å². The number of hydrogen-bond acceptors (Lipinski definition) is 6. The monoisotopic (exact) mass is 289 g/mol. The van der Waals surface area contributed by atoms with Crippen LogP contribution in [0.1, 0.15) is 19.7 Å². The lowest BCUT2D eigenvalue weighted by molar-refractivity contribution is 0.306. The largest absolute Gasteiger partial charge is 0.308 e. The molecule has 2 aromatic rings. The minimum Gasteiger partial charge on any atom is -0.308 e. The number of nitrogen functional groups attached to an aromatic ring is 1. The lowest BCUT2D eigenvalue weighted by Crippen LogP contribution is -2.26. The standard InChI is InChI=1S/C14H23N7/c1-4-21(5-2)7-6-13-17-12(8-14(18-13)19-15)11-9-16-20(3)10-11/h8-10H,4-7,15H2,1-3H3,(H,17,18,19). The van der Waals surface area contributed by atoms with E-state index in [2.05, 4.69) is 39.2 Å². The number of likely N-dealkylation sites (N-methyl/N-ethyl adjacent to an activating group) is 1. The Morgan fingerprint density at radius 3 is 2.62 bits per heavy atom. The van der Waals surface area contributed by atoms with Crippen molar-refractivity contribution in [2.24, 2.45) is 12.9 Å². The molecular formula is C14H23N7. The zero-order valence-corrected chi connectivity index (χ0v) is 12.9. The van der Waals surface area contributed by atoms with Crippen LogP contribution < -0.4 is 11.3 Å². The van der Waals surface area contributed by atoms with Crippen LogP contribution in [0.15, 0.2) is 18.5 Å².